The number of nitrogens with zero attached hydrogens (tertiary/aromatic N) is 2. The summed E-state index contributed by atoms with van der Waals surface area (Å²) in [5, 5.41) is 6.65. The summed E-state index contributed by atoms with van der Waals surface area (Å²) < 4.78 is 31.8. The van der Waals surface area contributed by atoms with E-state index in [1.165, 1.54) is 12.3 Å². The summed E-state index contributed by atoms with van der Waals surface area (Å²) in [6.07, 6.45) is 3.04. The summed E-state index contributed by atoms with van der Waals surface area (Å²) in [5.74, 6) is -2.17. The second kappa shape index (κ2) is 5.82. The number of aromatic amines is 1. The molecule has 0 radical (unpaired) electrons. The van der Waals surface area contributed by atoms with E-state index >= 15 is 0 Å². The van der Waals surface area contributed by atoms with Crippen molar-refractivity contribution in [2.75, 3.05) is 5.32 Å². The molecule has 4 rings (SSSR count). The Morgan fingerprint density at radius 2 is 2.00 bits per heavy atom. The standard InChI is InChI=1S/C17H10F2N4O2/c18-10-5-9-13(6-11(10)19)21-8-15(9)22-17(24)14-7-16(25-23-14)12-3-1-2-4-20-12/h1-8,21H,(H,22,24). The monoisotopic (exact) mass is 340 g/mol. The van der Waals surface area contributed by atoms with Gasteiger partial charge >= 0.3 is 0 Å². The van der Waals surface area contributed by atoms with Gasteiger partial charge in [0, 0.05) is 29.9 Å². The molecule has 8 heteroatoms. The molecule has 0 unspecified atom stereocenters. The minimum atomic E-state index is -0.999. The summed E-state index contributed by atoms with van der Waals surface area (Å²) in [6, 6.07) is 8.75. The molecule has 1 amide bonds. The van der Waals surface area contributed by atoms with Gasteiger partial charge in [0.25, 0.3) is 5.91 Å². The lowest BCUT2D eigenvalue weighted by atomic mass is 10.2. The number of aromatic nitrogens is 3. The Balaban J connectivity index is 1.61. The SMILES string of the molecule is O=C(Nc1c[nH]c2cc(F)c(F)cc12)c1cc(-c2ccccn2)on1. The number of nitrogens with one attached hydrogen (secondary N) is 2. The molecule has 0 spiro atoms. The van der Waals surface area contributed by atoms with Crippen LogP contribution >= 0.6 is 0 Å². The van der Waals surface area contributed by atoms with Crippen molar-refractivity contribution < 1.29 is 18.1 Å². The maximum absolute atomic E-state index is 13.4. The lowest BCUT2D eigenvalue weighted by Gasteiger charge is -2.01. The lowest BCUT2D eigenvalue weighted by Crippen LogP contribution is -2.11. The maximum atomic E-state index is 13.4. The molecule has 0 aliphatic heterocycles. The molecule has 6 nitrogen and oxygen atoms in total. The first-order valence-electron chi connectivity index (χ1n) is 7.27. The Kier molecular flexibility index (Phi) is 3.50. The highest BCUT2D eigenvalue weighted by Gasteiger charge is 2.17. The van der Waals surface area contributed by atoms with Crippen LogP contribution in [0.15, 0.2) is 53.3 Å². The van der Waals surface area contributed by atoms with Crippen molar-refractivity contribution in [3.8, 4) is 11.5 Å². The van der Waals surface area contributed by atoms with Gasteiger partial charge in [-0.05, 0) is 18.2 Å². The molecule has 4 aromatic rings. The second-order valence-electron chi connectivity index (χ2n) is 5.26. The molecule has 0 atom stereocenters. The Morgan fingerprint density at radius 1 is 1.16 bits per heavy atom. The lowest BCUT2D eigenvalue weighted by molar-refractivity contribution is 0.101. The molecule has 3 heterocycles. The highest BCUT2D eigenvalue weighted by atomic mass is 19.2. The fourth-order valence-electron chi connectivity index (χ4n) is 2.42. The van der Waals surface area contributed by atoms with Gasteiger partial charge in [0.15, 0.2) is 23.1 Å². The van der Waals surface area contributed by atoms with E-state index in [4.69, 9.17) is 4.52 Å². The number of rotatable bonds is 3. The maximum Gasteiger partial charge on any atom is 0.277 e. The van der Waals surface area contributed by atoms with Crippen LogP contribution in [0.5, 0.6) is 0 Å². The largest absolute Gasteiger partial charge is 0.359 e. The average Bonchev–Trinajstić information content (AvgIpc) is 3.25. The van der Waals surface area contributed by atoms with Crippen molar-refractivity contribution in [2.24, 2.45) is 0 Å². The minimum Gasteiger partial charge on any atom is -0.359 e. The van der Waals surface area contributed by atoms with Crippen molar-refractivity contribution >= 4 is 22.5 Å². The van der Waals surface area contributed by atoms with Crippen LogP contribution in [0.1, 0.15) is 10.5 Å². The van der Waals surface area contributed by atoms with Crippen molar-refractivity contribution in [1.82, 2.24) is 15.1 Å². The minimum absolute atomic E-state index is 0.0394. The van der Waals surface area contributed by atoms with Crippen LogP contribution < -0.4 is 5.32 Å². The highest BCUT2D eigenvalue weighted by molar-refractivity contribution is 6.08. The number of halogens is 2. The van der Waals surface area contributed by atoms with Crippen LogP contribution in [-0.4, -0.2) is 21.0 Å². The second-order valence-corrected chi connectivity index (χ2v) is 5.26. The van der Waals surface area contributed by atoms with Gasteiger partial charge in [-0.2, -0.15) is 0 Å². The van der Waals surface area contributed by atoms with Gasteiger partial charge in [-0.1, -0.05) is 11.2 Å². The molecule has 0 saturated carbocycles. The Hall–Kier alpha value is -3.55. The zero-order chi connectivity index (χ0) is 17.4. The number of H-pyrrole nitrogens is 1. The zero-order valence-electron chi connectivity index (χ0n) is 12.6. The molecular weight excluding hydrogens is 330 g/mol. The first-order chi connectivity index (χ1) is 12.1. The number of benzene rings is 1. The van der Waals surface area contributed by atoms with Crippen LogP contribution in [0.25, 0.3) is 22.4 Å². The summed E-state index contributed by atoms with van der Waals surface area (Å²) in [5.41, 5.74) is 1.25. The zero-order valence-corrected chi connectivity index (χ0v) is 12.6. The highest BCUT2D eigenvalue weighted by Crippen LogP contribution is 2.26. The smallest absolute Gasteiger partial charge is 0.277 e. The first kappa shape index (κ1) is 15.0. The van der Waals surface area contributed by atoms with Crippen molar-refractivity contribution in [3.05, 3.63) is 66.1 Å². The molecule has 0 bridgehead atoms. The first-order valence-corrected chi connectivity index (χ1v) is 7.27. The number of carbonyl (C=O) groups excluding carboxylic acids is 1. The Labute approximate surface area is 139 Å². The average molecular weight is 340 g/mol. The molecule has 0 fully saturated rings. The van der Waals surface area contributed by atoms with Gasteiger partial charge in [0.1, 0.15) is 5.69 Å². The van der Waals surface area contributed by atoms with E-state index < -0.39 is 17.5 Å². The fourth-order valence-corrected chi connectivity index (χ4v) is 2.42. The third-order valence-corrected chi connectivity index (χ3v) is 3.63. The van der Waals surface area contributed by atoms with Crippen LogP contribution in [0.3, 0.4) is 0 Å². The van der Waals surface area contributed by atoms with E-state index in [9.17, 15) is 13.6 Å². The topological polar surface area (TPSA) is 83.8 Å². The third kappa shape index (κ3) is 2.74. The summed E-state index contributed by atoms with van der Waals surface area (Å²) >= 11 is 0. The van der Waals surface area contributed by atoms with E-state index in [0.29, 0.717) is 28.0 Å². The molecule has 3 aromatic heterocycles. The number of hydrogen-bond donors (Lipinski definition) is 2. The third-order valence-electron chi connectivity index (χ3n) is 3.63. The van der Waals surface area contributed by atoms with E-state index in [-0.39, 0.29) is 5.69 Å². The number of pyridine rings is 1. The van der Waals surface area contributed by atoms with Crippen molar-refractivity contribution in [3.63, 3.8) is 0 Å². The quantitative estimate of drug-likeness (QED) is 0.595. The molecular formula is C17H10F2N4O2. The molecule has 2 N–H and O–H groups in total. The Bertz CT molecular complexity index is 1070. The Morgan fingerprint density at radius 3 is 2.80 bits per heavy atom. The van der Waals surface area contributed by atoms with E-state index in [0.717, 1.165) is 12.1 Å². The number of anilines is 1. The van der Waals surface area contributed by atoms with Gasteiger partial charge in [-0.15, -0.1) is 0 Å². The van der Waals surface area contributed by atoms with E-state index in [1.54, 1.807) is 24.4 Å². The van der Waals surface area contributed by atoms with Crippen LogP contribution in [0.2, 0.25) is 0 Å². The molecule has 0 saturated heterocycles. The van der Waals surface area contributed by atoms with Gasteiger partial charge in [0.05, 0.1) is 11.2 Å². The number of hydrogen-bond acceptors (Lipinski definition) is 4. The molecule has 0 aliphatic carbocycles. The molecule has 124 valence electrons. The van der Waals surface area contributed by atoms with Crippen LogP contribution in [0, 0.1) is 11.6 Å². The summed E-state index contributed by atoms with van der Waals surface area (Å²) in [6.45, 7) is 0. The normalized spacial score (nSPS) is 11.0. The fraction of sp³-hybridized carbons (Fsp3) is 0. The van der Waals surface area contributed by atoms with Gasteiger partial charge in [0.2, 0.25) is 0 Å². The number of fused-ring (bicyclic) bond motifs is 1. The van der Waals surface area contributed by atoms with Gasteiger partial charge in [-0.25, -0.2) is 8.78 Å². The van der Waals surface area contributed by atoms with E-state index in [1.807, 2.05) is 0 Å². The number of amides is 1. The molecule has 0 aliphatic rings. The van der Waals surface area contributed by atoms with E-state index in [2.05, 4.69) is 20.4 Å². The summed E-state index contributed by atoms with van der Waals surface area (Å²) in [4.78, 5) is 19.2. The van der Waals surface area contributed by atoms with Gasteiger partial charge in [-0.3, -0.25) is 9.78 Å². The molecule has 25 heavy (non-hydrogen) atoms. The van der Waals surface area contributed by atoms with Crippen LogP contribution in [0.4, 0.5) is 14.5 Å². The van der Waals surface area contributed by atoms with Crippen LogP contribution in [-0.2, 0) is 0 Å². The number of carbonyl (C=O) groups is 1. The predicted octanol–water partition coefficient (Wildman–Crippen LogP) is 3.75. The van der Waals surface area contributed by atoms with Crippen molar-refractivity contribution in [1.29, 1.82) is 0 Å². The van der Waals surface area contributed by atoms with Gasteiger partial charge < -0.3 is 14.8 Å². The van der Waals surface area contributed by atoms with Crippen molar-refractivity contribution in [2.45, 2.75) is 0 Å². The summed E-state index contributed by atoms with van der Waals surface area (Å²) in [7, 11) is 0. The predicted molar refractivity (Wildman–Crippen MR) is 85.9 cm³/mol. The molecule has 1 aromatic carbocycles.